The van der Waals surface area contributed by atoms with Gasteiger partial charge in [0.05, 0.1) is 19.7 Å². The maximum Gasteiger partial charge on any atom is 0.258 e. The van der Waals surface area contributed by atoms with Gasteiger partial charge in [-0.15, -0.1) is 0 Å². The summed E-state index contributed by atoms with van der Waals surface area (Å²) in [6, 6.07) is 15.2. The van der Waals surface area contributed by atoms with Crippen molar-refractivity contribution in [1.29, 1.82) is 0 Å². The average molecular weight is 517 g/mol. The molecule has 2 heterocycles. The summed E-state index contributed by atoms with van der Waals surface area (Å²) in [5.41, 5.74) is 3.75. The maximum absolute atomic E-state index is 13.4. The van der Waals surface area contributed by atoms with E-state index in [0.29, 0.717) is 29.5 Å². The molecule has 8 nitrogen and oxygen atoms in total. The van der Waals surface area contributed by atoms with Gasteiger partial charge >= 0.3 is 0 Å². The molecule has 0 unspecified atom stereocenters. The highest BCUT2D eigenvalue weighted by Crippen LogP contribution is 2.34. The van der Waals surface area contributed by atoms with Crippen molar-refractivity contribution in [3.8, 4) is 28.4 Å². The zero-order valence-electron chi connectivity index (χ0n) is 23.0. The lowest BCUT2D eigenvalue weighted by Crippen LogP contribution is -2.27. The Bertz CT molecular complexity index is 1460. The number of methoxy groups -OCH3 is 2. The molecule has 4 rings (SSSR count). The average Bonchev–Trinajstić information content (AvgIpc) is 2.94. The Morgan fingerprint density at radius 1 is 0.947 bits per heavy atom. The minimum Gasteiger partial charge on any atom is -0.497 e. The van der Waals surface area contributed by atoms with Gasteiger partial charge < -0.3 is 29.0 Å². The molecule has 2 aromatic heterocycles. The van der Waals surface area contributed by atoms with E-state index in [-0.39, 0.29) is 5.56 Å². The molecule has 2 aromatic carbocycles. The number of hydrogen-bond acceptors (Lipinski definition) is 7. The molecule has 0 spiro atoms. The highest BCUT2D eigenvalue weighted by atomic mass is 16.5. The molecule has 0 saturated carbocycles. The van der Waals surface area contributed by atoms with Crippen molar-refractivity contribution < 1.29 is 14.2 Å². The van der Waals surface area contributed by atoms with Crippen LogP contribution < -0.4 is 25.1 Å². The van der Waals surface area contributed by atoms with E-state index in [2.05, 4.69) is 29.0 Å². The van der Waals surface area contributed by atoms with Gasteiger partial charge in [-0.3, -0.25) is 4.79 Å². The first-order valence-electron chi connectivity index (χ1n) is 12.8. The van der Waals surface area contributed by atoms with Gasteiger partial charge in [0, 0.05) is 48.6 Å². The van der Waals surface area contributed by atoms with Crippen LogP contribution in [0.3, 0.4) is 0 Å². The fourth-order valence-electron chi connectivity index (χ4n) is 4.51. The summed E-state index contributed by atoms with van der Waals surface area (Å²) in [6.45, 7) is 9.83. The number of likely N-dealkylation sites (N-methyl/N-ethyl adjacent to an activating group) is 1. The molecule has 0 aliphatic rings. The van der Waals surface area contributed by atoms with Gasteiger partial charge in [-0.2, -0.15) is 0 Å². The Morgan fingerprint density at radius 3 is 2.34 bits per heavy atom. The van der Waals surface area contributed by atoms with Crippen molar-refractivity contribution in [2.75, 3.05) is 45.8 Å². The summed E-state index contributed by atoms with van der Waals surface area (Å²) in [4.78, 5) is 20.4. The van der Waals surface area contributed by atoms with Crippen LogP contribution in [0.25, 0.3) is 22.0 Å². The standard InChI is InChI=1S/C30H36N4O4/c1-7-34(8-2)13-14-38-23-11-9-22(10-12-23)32-29-18-27-21(19-31-29)15-26(30(35)33(27)4)25-16-24(36-5)17-28(37-6)20(25)3/h9-12,15-19H,7-8,13-14H2,1-6H3,(H,31,32). The van der Waals surface area contributed by atoms with Crippen LogP contribution in [0.4, 0.5) is 11.5 Å². The Labute approximate surface area is 223 Å². The van der Waals surface area contributed by atoms with E-state index in [1.54, 1.807) is 32.0 Å². The summed E-state index contributed by atoms with van der Waals surface area (Å²) in [6.07, 6.45) is 1.78. The molecule has 0 aliphatic carbocycles. The lowest BCUT2D eigenvalue weighted by Gasteiger charge is -2.18. The lowest BCUT2D eigenvalue weighted by molar-refractivity contribution is 0.223. The molecular formula is C30H36N4O4. The van der Waals surface area contributed by atoms with Gasteiger partial charge in [0.1, 0.15) is 29.7 Å². The van der Waals surface area contributed by atoms with Gasteiger partial charge in [0.15, 0.2) is 0 Å². The molecule has 0 bridgehead atoms. The summed E-state index contributed by atoms with van der Waals surface area (Å²) in [7, 11) is 4.98. The molecule has 1 N–H and O–H groups in total. The second kappa shape index (κ2) is 12.0. The summed E-state index contributed by atoms with van der Waals surface area (Å²) in [5.74, 6) is 2.77. The van der Waals surface area contributed by atoms with Crippen molar-refractivity contribution in [2.24, 2.45) is 7.05 Å². The van der Waals surface area contributed by atoms with E-state index in [1.165, 1.54) is 0 Å². The number of nitrogens with one attached hydrogen (secondary N) is 1. The quantitative estimate of drug-likeness (QED) is 0.286. The number of ether oxygens (including phenoxy) is 3. The van der Waals surface area contributed by atoms with E-state index >= 15 is 0 Å². The number of aromatic nitrogens is 2. The molecule has 4 aromatic rings. The monoisotopic (exact) mass is 516 g/mol. The zero-order chi connectivity index (χ0) is 27.2. The van der Waals surface area contributed by atoms with E-state index in [4.69, 9.17) is 14.2 Å². The number of nitrogens with zero attached hydrogens (tertiary/aromatic N) is 3. The smallest absolute Gasteiger partial charge is 0.258 e. The Kier molecular flexibility index (Phi) is 8.53. The Balaban J connectivity index is 1.57. The second-order valence-electron chi connectivity index (χ2n) is 9.08. The van der Waals surface area contributed by atoms with Gasteiger partial charge in [0.25, 0.3) is 5.56 Å². The summed E-state index contributed by atoms with van der Waals surface area (Å²) >= 11 is 0. The topological polar surface area (TPSA) is 77.9 Å². The van der Waals surface area contributed by atoms with Crippen LogP contribution in [0, 0.1) is 6.92 Å². The lowest BCUT2D eigenvalue weighted by atomic mass is 9.99. The minimum absolute atomic E-state index is 0.112. The number of pyridine rings is 2. The van der Waals surface area contributed by atoms with Gasteiger partial charge in [-0.25, -0.2) is 4.98 Å². The third kappa shape index (κ3) is 5.75. The maximum atomic E-state index is 13.4. The highest BCUT2D eigenvalue weighted by Gasteiger charge is 2.16. The molecule has 0 radical (unpaired) electrons. The van der Waals surface area contributed by atoms with Crippen LogP contribution in [0.2, 0.25) is 0 Å². The summed E-state index contributed by atoms with van der Waals surface area (Å²) < 4.78 is 18.5. The Morgan fingerprint density at radius 2 is 1.68 bits per heavy atom. The first kappa shape index (κ1) is 27.0. The zero-order valence-corrected chi connectivity index (χ0v) is 23.0. The second-order valence-corrected chi connectivity index (χ2v) is 9.08. The van der Waals surface area contributed by atoms with Crippen molar-refractivity contribution in [2.45, 2.75) is 20.8 Å². The number of fused-ring (bicyclic) bond motifs is 1. The van der Waals surface area contributed by atoms with Crippen LogP contribution in [0.15, 0.2) is 59.5 Å². The molecule has 0 fully saturated rings. The fraction of sp³-hybridized carbons (Fsp3) is 0.333. The van der Waals surface area contributed by atoms with Crippen molar-refractivity contribution in [3.63, 3.8) is 0 Å². The highest BCUT2D eigenvalue weighted by molar-refractivity contribution is 5.86. The van der Waals surface area contributed by atoms with Crippen LogP contribution in [0.1, 0.15) is 19.4 Å². The molecule has 38 heavy (non-hydrogen) atoms. The minimum atomic E-state index is -0.112. The van der Waals surface area contributed by atoms with E-state index < -0.39 is 0 Å². The largest absolute Gasteiger partial charge is 0.497 e. The van der Waals surface area contributed by atoms with E-state index in [0.717, 1.165) is 53.1 Å². The number of benzene rings is 2. The van der Waals surface area contributed by atoms with Crippen LogP contribution in [0.5, 0.6) is 17.2 Å². The van der Waals surface area contributed by atoms with Crippen LogP contribution >= 0.6 is 0 Å². The van der Waals surface area contributed by atoms with Crippen molar-refractivity contribution in [1.82, 2.24) is 14.5 Å². The number of aryl methyl sites for hydroxylation is 1. The predicted octanol–water partition coefficient (Wildman–Crippen LogP) is 5.39. The van der Waals surface area contributed by atoms with Crippen LogP contribution in [-0.4, -0.2) is 54.9 Å². The van der Waals surface area contributed by atoms with Gasteiger partial charge in [0.2, 0.25) is 0 Å². The predicted molar refractivity (Wildman–Crippen MR) is 153 cm³/mol. The molecular weight excluding hydrogens is 480 g/mol. The summed E-state index contributed by atoms with van der Waals surface area (Å²) in [5, 5.41) is 4.18. The Hall–Kier alpha value is -4.04. The molecule has 0 aliphatic heterocycles. The number of anilines is 2. The van der Waals surface area contributed by atoms with Gasteiger partial charge in [-0.1, -0.05) is 13.8 Å². The SMILES string of the molecule is CCN(CC)CCOc1ccc(Nc2cc3c(cn2)cc(-c2cc(OC)cc(OC)c2C)c(=O)n3C)cc1. The van der Waals surface area contributed by atoms with Crippen molar-refractivity contribution >= 4 is 22.4 Å². The third-order valence-corrected chi connectivity index (χ3v) is 6.88. The molecule has 200 valence electrons. The molecule has 8 heteroatoms. The molecule has 0 atom stereocenters. The third-order valence-electron chi connectivity index (χ3n) is 6.88. The van der Waals surface area contributed by atoms with Crippen LogP contribution in [-0.2, 0) is 7.05 Å². The van der Waals surface area contributed by atoms with E-state index in [1.807, 2.05) is 55.5 Å². The first-order valence-corrected chi connectivity index (χ1v) is 12.8. The first-order chi connectivity index (χ1) is 18.4. The normalized spacial score (nSPS) is 11.1. The molecule has 0 saturated heterocycles. The number of rotatable bonds is 11. The van der Waals surface area contributed by atoms with E-state index in [9.17, 15) is 4.79 Å². The molecule has 0 amide bonds. The number of hydrogen-bond donors (Lipinski definition) is 1. The van der Waals surface area contributed by atoms with Crippen molar-refractivity contribution in [3.05, 3.63) is 70.6 Å². The fourth-order valence-corrected chi connectivity index (χ4v) is 4.51. The van der Waals surface area contributed by atoms with Gasteiger partial charge in [-0.05, 0) is 67.5 Å².